The zero-order valence-corrected chi connectivity index (χ0v) is 11.8. The number of aliphatic hydroxyl groups is 1. The van der Waals surface area contributed by atoms with Gasteiger partial charge in [-0.15, -0.1) is 0 Å². The molecule has 2 heteroatoms. The average molecular weight is 268 g/mol. The zero-order chi connectivity index (χ0) is 13.9. The Bertz CT molecular complexity index is 643. The third-order valence-electron chi connectivity index (χ3n) is 4.11. The SMILES string of the molecule is COc1ccc(C(O)C2=CCCCC2)c2ccccc12. The molecule has 20 heavy (non-hydrogen) atoms. The highest BCUT2D eigenvalue weighted by molar-refractivity contribution is 5.91. The van der Waals surface area contributed by atoms with Gasteiger partial charge in [-0.2, -0.15) is 0 Å². The van der Waals surface area contributed by atoms with Gasteiger partial charge in [0.25, 0.3) is 0 Å². The lowest BCUT2D eigenvalue weighted by atomic mass is 9.89. The normalized spacial score (nSPS) is 16.8. The number of allylic oxidation sites excluding steroid dienone is 1. The van der Waals surface area contributed by atoms with Crippen LogP contribution in [0.2, 0.25) is 0 Å². The minimum atomic E-state index is -0.494. The van der Waals surface area contributed by atoms with E-state index in [9.17, 15) is 5.11 Å². The number of rotatable bonds is 3. The van der Waals surface area contributed by atoms with Crippen molar-refractivity contribution in [1.82, 2.24) is 0 Å². The third-order valence-corrected chi connectivity index (χ3v) is 4.11. The van der Waals surface area contributed by atoms with Crippen LogP contribution in [0, 0.1) is 0 Å². The van der Waals surface area contributed by atoms with Crippen molar-refractivity contribution >= 4 is 10.8 Å². The summed E-state index contributed by atoms with van der Waals surface area (Å²) in [6.07, 6.45) is 6.21. The van der Waals surface area contributed by atoms with E-state index < -0.39 is 6.10 Å². The van der Waals surface area contributed by atoms with Crippen LogP contribution in [0.25, 0.3) is 10.8 Å². The second-order valence-electron chi connectivity index (χ2n) is 5.33. The Balaban J connectivity index is 2.09. The molecular formula is C18H20O2. The lowest BCUT2D eigenvalue weighted by Crippen LogP contribution is -2.05. The topological polar surface area (TPSA) is 29.5 Å². The van der Waals surface area contributed by atoms with Gasteiger partial charge in [0, 0.05) is 5.39 Å². The molecule has 1 aliphatic carbocycles. The molecule has 1 atom stereocenters. The van der Waals surface area contributed by atoms with Crippen molar-refractivity contribution in [1.29, 1.82) is 0 Å². The molecule has 0 saturated carbocycles. The van der Waals surface area contributed by atoms with Crippen LogP contribution in [0.4, 0.5) is 0 Å². The smallest absolute Gasteiger partial charge is 0.126 e. The quantitative estimate of drug-likeness (QED) is 0.837. The third kappa shape index (κ3) is 2.32. The molecular weight excluding hydrogens is 248 g/mol. The van der Waals surface area contributed by atoms with Crippen molar-refractivity contribution in [3.8, 4) is 5.75 Å². The molecule has 0 bridgehead atoms. The lowest BCUT2D eigenvalue weighted by molar-refractivity contribution is 0.210. The van der Waals surface area contributed by atoms with E-state index in [2.05, 4.69) is 12.1 Å². The second-order valence-corrected chi connectivity index (χ2v) is 5.33. The van der Waals surface area contributed by atoms with Crippen molar-refractivity contribution < 1.29 is 9.84 Å². The Kier molecular flexibility index (Phi) is 3.75. The highest BCUT2D eigenvalue weighted by Gasteiger charge is 2.18. The molecule has 3 rings (SSSR count). The summed E-state index contributed by atoms with van der Waals surface area (Å²) < 4.78 is 5.41. The van der Waals surface area contributed by atoms with E-state index in [4.69, 9.17) is 4.74 Å². The van der Waals surface area contributed by atoms with Gasteiger partial charge in [0.15, 0.2) is 0 Å². The summed E-state index contributed by atoms with van der Waals surface area (Å²) in [4.78, 5) is 0. The van der Waals surface area contributed by atoms with Crippen LogP contribution in [-0.2, 0) is 0 Å². The minimum Gasteiger partial charge on any atom is -0.496 e. The second kappa shape index (κ2) is 5.68. The molecule has 1 aliphatic rings. The van der Waals surface area contributed by atoms with E-state index >= 15 is 0 Å². The van der Waals surface area contributed by atoms with Crippen LogP contribution in [0.15, 0.2) is 48.0 Å². The Morgan fingerprint density at radius 1 is 1.05 bits per heavy atom. The standard InChI is InChI=1S/C18H20O2/c1-20-17-12-11-16(14-9-5-6-10-15(14)17)18(19)13-7-3-2-4-8-13/h5-7,9-12,18-19H,2-4,8H2,1H3. The summed E-state index contributed by atoms with van der Waals surface area (Å²) in [5, 5.41) is 12.8. The molecule has 0 amide bonds. The van der Waals surface area contributed by atoms with Crippen molar-refractivity contribution in [3.63, 3.8) is 0 Å². The molecule has 0 spiro atoms. The van der Waals surface area contributed by atoms with Gasteiger partial charge in [-0.25, -0.2) is 0 Å². The summed E-state index contributed by atoms with van der Waals surface area (Å²) in [5.41, 5.74) is 2.14. The van der Waals surface area contributed by atoms with E-state index in [1.807, 2.05) is 30.3 Å². The van der Waals surface area contributed by atoms with Gasteiger partial charge in [0.2, 0.25) is 0 Å². The first-order valence-corrected chi connectivity index (χ1v) is 7.24. The highest BCUT2D eigenvalue weighted by atomic mass is 16.5. The molecule has 0 radical (unpaired) electrons. The van der Waals surface area contributed by atoms with Gasteiger partial charge in [-0.1, -0.05) is 36.4 Å². The molecule has 0 aromatic heterocycles. The fourth-order valence-corrected chi connectivity index (χ4v) is 3.02. The van der Waals surface area contributed by atoms with Crippen LogP contribution in [0.5, 0.6) is 5.75 Å². The average Bonchev–Trinajstić information content (AvgIpc) is 2.54. The van der Waals surface area contributed by atoms with E-state index in [0.29, 0.717) is 0 Å². The summed E-state index contributed by atoms with van der Waals surface area (Å²) >= 11 is 0. The first-order chi connectivity index (χ1) is 9.81. The monoisotopic (exact) mass is 268 g/mol. The number of aliphatic hydroxyl groups excluding tert-OH is 1. The molecule has 0 fully saturated rings. The molecule has 2 aromatic rings. The summed E-state index contributed by atoms with van der Waals surface area (Å²) in [5.74, 6) is 0.856. The van der Waals surface area contributed by atoms with Gasteiger partial charge in [-0.05, 0) is 48.3 Å². The van der Waals surface area contributed by atoms with Gasteiger partial charge >= 0.3 is 0 Å². The molecule has 0 heterocycles. The van der Waals surface area contributed by atoms with E-state index in [1.54, 1.807) is 7.11 Å². The number of fused-ring (bicyclic) bond motifs is 1. The Morgan fingerprint density at radius 2 is 1.85 bits per heavy atom. The molecule has 1 unspecified atom stereocenters. The number of ether oxygens (including phenoxy) is 1. The lowest BCUT2D eigenvalue weighted by Gasteiger charge is -2.21. The fourth-order valence-electron chi connectivity index (χ4n) is 3.02. The van der Waals surface area contributed by atoms with Gasteiger partial charge < -0.3 is 9.84 Å². The summed E-state index contributed by atoms with van der Waals surface area (Å²) in [7, 11) is 1.68. The molecule has 0 saturated heterocycles. The maximum absolute atomic E-state index is 10.7. The first-order valence-electron chi connectivity index (χ1n) is 7.24. The van der Waals surface area contributed by atoms with Crippen LogP contribution in [0.3, 0.4) is 0 Å². The maximum Gasteiger partial charge on any atom is 0.126 e. The summed E-state index contributed by atoms with van der Waals surface area (Å²) in [6.45, 7) is 0. The van der Waals surface area contributed by atoms with Crippen molar-refractivity contribution in [2.45, 2.75) is 31.8 Å². The zero-order valence-electron chi connectivity index (χ0n) is 11.8. The molecule has 2 aromatic carbocycles. The summed E-state index contributed by atoms with van der Waals surface area (Å²) in [6, 6.07) is 12.0. The predicted octanol–water partition coefficient (Wildman–Crippen LogP) is 4.38. The van der Waals surface area contributed by atoms with Crippen LogP contribution in [-0.4, -0.2) is 12.2 Å². The maximum atomic E-state index is 10.7. The van der Waals surface area contributed by atoms with Crippen LogP contribution in [0.1, 0.15) is 37.4 Å². The molecule has 1 N–H and O–H groups in total. The number of hydrogen-bond donors (Lipinski definition) is 1. The van der Waals surface area contributed by atoms with Gasteiger partial charge in [0.1, 0.15) is 11.9 Å². The van der Waals surface area contributed by atoms with Crippen LogP contribution >= 0.6 is 0 Å². The fraction of sp³-hybridized carbons (Fsp3) is 0.333. The molecule has 2 nitrogen and oxygen atoms in total. The highest BCUT2D eigenvalue weighted by Crippen LogP contribution is 2.36. The van der Waals surface area contributed by atoms with E-state index in [1.165, 1.54) is 12.8 Å². The van der Waals surface area contributed by atoms with E-state index in [-0.39, 0.29) is 0 Å². The van der Waals surface area contributed by atoms with Crippen molar-refractivity contribution in [2.24, 2.45) is 0 Å². The molecule has 104 valence electrons. The minimum absolute atomic E-state index is 0.494. The Morgan fingerprint density at radius 3 is 2.55 bits per heavy atom. The number of methoxy groups -OCH3 is 1. The number of hydrogen-bond acceptors (Lipinski definition) is 2. The van der Waals surface area contributed by atoms with E-state index in [0.717, 1.165) is 40.5 Å². The van der Waals surface area contributed by atoms with Crippen LogP contribution < -0.4 is 4.74 Å². The largest absolute Gasteiger partial charge is 0.496 e. The Labute approximate surface area is 119 Å². The Hall–Kier alpha value is -1.80. The number of benzene rings is 2. The van der Waals surface area contributed by atoms with Gasteiger partial charge in [0.05, 0.1) is 7.11 Å². The van der Waals surface area contributed by atoms with Crippen molar-refractivity contribution in [3.05, 3.63) is 53.6 Å². The molecule has 0 aliphatic heterocycles. The van der Waals surface area contributed by atoms with Gasteiger partial charge in [-0.3, -0.25) is 0 Å². The predicted molar refractivity (Wildman–Crippen MR) is 82.0 cm³/mol. The van der Waals surface area contributed by atoms with Crippen molar-refractivity contribution in [2.75, 3.05) is 7.11 Å². The first kappa shape index (κ1) is 13.2.